The first-order valence-electron chi connectivity index (χ1n) is 7.16. The second-order valence-corrected chi connectivity index (χ2v) is 8.37. The van der Waals surface area contributed by atoms with Crippen molar-refractivity contribution in [3.8, 4) is 0 Å². The average molecular weight is 382 g/mol. The number of hydrogen-bond donors (Lipinski definition) is 1. The van der Waals surface area contributed by atoms with E-state index in [1.807, 2.05) is 31.2 Å². The molecule has 0 unspecified atom stereocenters. The van der Waals surface area contributed by atoms with Gasteiger partial charge in [-0.05, 0) is 70.6 Å². The first-order chi connectivity index (χ1) is 10.3. The number of nitrogens with one attached hydrogen (secondary N) is 1. The van der Waals surface area contributed by atoms with Crippen LogP contribution in [-0.4, -0.2) is 8.42 Å². The summed E-state index contributed by atoms with van der Waals surface area (Å²) < 4.78 is 28.2. The number of halogens is 1. The molecule has 0 bridgehead atoms. The van der Waals surface area contributed by atoms with Gasteiger partial charge in [-0.3, -0.25) is 4.72 Å². The molecule has 0 saturated carbocycles. The minimum atomic E-state index is -3.57. The lowest BCUT2D eigenvalue weighted by molar-refractivity contribution is 0.601. The zero-order valence-corrected chi connectivity index (χ0v) is 15.3. The maximum atomic E-state index is 12.4. The largest absolute Gasteiger partial charge is 0.278 e. The minimum absolute atomic E-state index is 0.271. The van der Waals surface area contributed by atoms with Crippen molar-refractivity contribution in [1.29, 1.82) is 0 Å². The molecular weight excluding hydrogens is 362 g/mol. The first-order valence-corrected chi connectivity index (χ1v) is 9.43. The van der Waals surface area contributed by atoms with Gasteiger partial charge in [0.05, 0.1) is 10.6 Å². The molecule has 2 aromatic carbocycles. The van der Waals surface area contributed by atoms with Gasteiger partial charge in [0.1, 0.15) is 0 Å². The molecule has 0 aliphatic rings. The van der Waals surface area contributed by atoms with Crippen molar-refractivity contribution in [1.82, 2.24) is 0 Å². The molecule has 5 heteroatoms. The van der Waals surface area contributed by atoms with Gasteiger partial charge in [0.25, 0.3) is 10.0 Å². The predicted octanol–water partition coefficient (Wildman–Crippen LogP) is 4.76. The van der Waals surface area contributed by atoms with E-state index in [9.17, 15) is 8.42 Å². The summed E-state index contributed by atoms with van der Waals surface area (Å²) in [7, 11) is -3.57. The Labute approximate surface area is 140 Å². The molecule has 0 aliphatic heterocycles. The SMILES string of the molecule is Cc1ccc(NS(=O)(=O)c2ccc(CC(C)C)cc2)c(Br)c1. The third kappa shape index (κ3) is 4.34. The highest BCUT2D eigenvalue weighted by Gasteiger charge is 2.15. The van der Waals surface area contributed by atoms with E-state index in [-0.39, 0.29) is 4.90 Å². The normalized spacial score (nSPS) is 11.7. The lowest BCUT2D eigenvalue weighted by atomic mass is 10.0. The number of sulfonamides is 1. The van der Waals surface area contributed by atoms with Gasteiger partial charge in [-0.15, -0.1) is 0 Å². The van der Waals surface area contributed by atoms with E-state index < -0.39 is 10.0 Å². The third-order valence-corrected chi connectivity index (χ3v) is 5.28. The zero-order chi connectivity index (χ0) is 16.3. The molecule has 2 rings (SSSR count). The molecule has 0 aliphatic carbocycles. The number of aryl methyl sites for hydroxylation is 1. The van der Waals surface area contributed by atoms with Gasteiger partial charge in [-0.1, -0.05) is 32.0 Å². The highest BCUT2D eigenvalue weighted by Crippen LogP contribution is 2.26. The van der Waals surface area contributed by atoms with Crippen LogP contribution in [0.25, 0.3) is 0 Å². The maximum Gasteiger partial charge on any atom is 0.261 e. The summed E-state index contributed by atoms with van der Waals surface area (Å²) in [6.07, 6.45) is 0.942. The number of hydrogen-bond acceptors (Lipinski definition) is 2. The van der Waals surface area contributed by atoms with E-state index in [0.717, 1.165) is 22.0 Å². The smallest absolute Gasteiger partial charge is 0.261 e. The molecule has 0 aromatic heterocycles. The van der Waals surface area contributed by atoms with Crippen LogP contribution in [0.15, 0.2) is 51.8 Å². The van der Waals surface area contributed by atoms with E-state index in [0.29, 0.717) is 11.6 Å². The van der Waals surface area contributed by atoms with E-state index in [1.165, 1.54) is 0 Å². The second-order valence-electron chi connectivity index (χ2n) is 5.83. The van der Waals surface area contributed by atoms with Crippen LogP contribution < -0.4 is 4.72 Å². The van der Waals surface area contributed by atoms with Gasteiger partial charge in [-0.2, -0.15) is 0 Å². The van der Waals surface area contributed by atoms with Gasteiger partial charge in [-0.25, -0.2) is 8.42 Å². The van der Waals surface area contributed by atoms with Crippen molar-refractivity contribution in [2.24, 2.45) is 5.92 Å². The molecule has 118 valence electrons. The van der Waals surface area contributed by atoms with Crippen molar-refractivity contribution < 1.29 is 8.42 Å². The number of rotatable bonds is 5. The zero-order valence-electron chi connectivity index (χ0n) is 12.9. The van der Waals surface area contributed by atoms with Crippen LogP contribution in [0.3, 0.4) is 0 Å². The lowest BCUT2D eigenvalue weighted by Gasteiger charge is -2.11. The topological polar surface area (TPSA) is 46.2 Å². The molecule has 0 radical (unpaired) electrons. The van der Waals surface area contributed by atoms with E-state index in [1.54, 1.807) is 18.2 Å². The van der Waals surface area contributed by atoms with Crippen molar-refractivity contribution in [3.05, 3.63) is 58.1 Å². The fraction of sp³-hybridized carbons (Fsp3) is 0.294. The van der Waals surface area contributed by atoms with Crippen molar-refractivity contribution in [2.75, 3.05) is 4.72 Å². The average Bonchev–Trinajstić information content (AvgIpc) is 2.42. The highest BCUT2D eigenvalue weighted by molar-refractivity contribution is 9.10. The van der Waals surface area contributed by atoms with E-state index in [2.05, 4.69) is 34.5 Å². The van der Waals surface area contributed by atoms with Crippen LogP contribution in [0, 0.1) is 12.8 Å². The Morgan fingerprint density at radius 3 is 2.27 bits per heavy atom. The summed E-state index contributed by atoms with van der Waals surface area (Å²) in [5.41, 5.74) is 2.75. The van der Waals surface area contributed by atoms with Crippen LogP contribution in [0.2, 0.25) is 0 Å². The molecule has 1 N–H and O–H groups in total. The summed E-state index contributed by atoms with van der Waals surface area (Å²) in [5, 5.41) is 0. The van der Waals surface area contributed by atoms with Crippen molar-refractivity contribution >= 4 is 31.6 Å². The highest BCUT2D eigenvalue weighted by atomic mass is 79.9. The summed E-state index contributed by atoms with van der Waals surface area (Å²) in [6, 6.07) is 12.6. The Morgan fingerprint density at radius 1 is 1.09 bits per heavy atom. The monoisotopic (exact) mass is 381 g/mol. The van der Waals surface area contributed by atoms with Crippen LogP contribution in [0.5, 0.6) is 0 Å². The molecule has 3 nitrogen and oxygen atoms in total. The van der Waals surface area contributed by atoms with Gasteiger partial charge < -0.3 is 0 Å². The van der Waals surface area contributed by atoms with Crippen LogP contribution in [0.4, 0.5) is 5.69 Å². The predicted molar refractivity (Wildman–Crippen MR) is 94.7 cm³/mol. The van der Waals surface area contributed by atoms with E-state index in [4.69, 9.17) is 0 Å². The molecule has 22 heavy (non-hydrogen) atoms. The maximum absolute atomic E-state index is 12.4. The molecular formula is C17H20BrNO2S. The second kappa shape index (κ2) is 6.84. The Bertz CT molecular complexity index is 753. The quantitative estimate of drug-likeness (QED) is 0.811. The molecule has 0 amide bonds. The molecule has 0 fully saturated rings. The Balaban J connectivity index is 2.23. The third-order valence-electron chi connectivity index (χ3n) is 3.25. The number of anilines is 1. The van der Waals surface area contributed by atoms with Crippen LogP contribution in [-0.2, 0) is 16.4 Å². The van der Waals surface area contributed by atoms with Gasteiger partial charge in [0.15, 0.2) is 0 Å². The first kappa shape index (κ1) is 17.0. The van der Waals surface area contributed by atoms with Crippen LogP contribution in [0.1, 0.15) is 25.0 Å². The fourth-order valence-electron chi connectivity index (χ4n) is 2.18. The Kier molecular flexibility index (Phi) is 5.29. The minimum Gasteiger partial charge on any atom is -0.278 e. The fourth-order valence-corrected chi connectivity index (χ4v) is 3.99. The van der Waals surface area contributed by atoms with Crippen molar-refractivity contribution in [3.63, 3.8) is 0 Å². The molecule has 0 atom stereocenters. The molecule has 0 spiro atoms. The summed E-state index contributed by atoms with van der Waals surface area (Å²) >= 11 is 3.38. The van der Waals surface area contributed by atoms with Gasteiger partial charge in [0.2, 0.25) is 0 Å². The number of benzene rings is 2. The molecule has 2 aromatic rings. The summed E-state index contributed by atoms with van der Waals surface area (Å²) in [4.78, 5) is 0.271. The summed E-state index contributed by atoms with van der Waals surface area (Å²) in [5.74, 6) is 0.545. The van der Waals surface area contributed by atoms with Crippen molar-refractivity contribution in [2.45, 2.75) is 32.1 Å². The summed E-state index contributed by atoms with van der Waals surface area (Å²) in [6.45, 7) is 6.23. The molecule has 0 heterocycles. The lowest BCUT2D eigenvalue weighted by Crippen LogP contribution is -2.13. The Morgan fingerprint density at radius 2 is 1.73 bits per heavy atom. The van der Waals surface area contributed by atoms with Gasteiger partial charge in [0, 0.05) is 4.47 Å². The van der Waals surface area contributed by atoms with Gasteiger partial charge >= 0.3 is 0 Å². The Hall–Kier alpha value is -1.33. The standard InChI is InChI=1S/C17H20BrNO2S/c1-12(2)10-14-5-7-15(8-6-14)22(20,21)19-17-9-4-13(3)11-16(17)18/h4-9,11-12,19H,10H2,1-3H3. The van der Waals surface area contributed by atoms with Crippen LogP contribution >= 0.6 is 15.9 Å². The molecule has 0 saturated heterocycles. The van der Waals surface area contributed by atoms with E-state index >= 15 is 0 Å².